The van der Waals surface area contributed by atoms with E-state index in [1.165, 1.54) is 24.3 Å². The van der Waals surface area contributed by atoms with Crippen molar-refractivity contribution < 1.29 is 0 Å². The van der Waals surface area contributed by atoms with Gasteiger partial charge in [-0.1, -0.05) is 32.5 Å². The largest absolute Gasteiger partial charge is 0.359 e. The molecule has 0 aromatic carbocycles. The predicted octanol–water partition coefficient (Wildman–Crippen LogP) is 3.38. The summed E-state index contributed by atoms with van der Waals surface area (Å²) in [5, 5.41) is 4.77. The van der Waals surface area contributed by atoms with Gasteiger partial charge in [0.1, 0.15) is 0 Å². The summed E-state index contributed by atoms with van der Waals surface area (Å²) in [4.78, 5) is 4.75. The van der Waals surface area contributed by atoms with E-state index >= 15 is 0 Å². The van der Waals surface area contributed by atoms with Gasteiger partial charge in [-0.2, -0.15) is 11.8 Å². The quantitative estimate of drug-likeness (QED) is 0.792. The fourth-order valence-corrected chi connectivity index (χ4v) is 3.82. The van der Waals surface area contributed by atoms with Crippen molar-refractivity contribution >= 4 is 28.7 Å². The Morgan fingerprint density at radius 3 is 2.62 bits per heavy atom. The third-order valence-corrected chi connectivity index (χ3v) is 5.42. The maximum atomic E-state index is 4.75. The van der Waals surface area contributed by atoms with Crippen LogP contribution >= 0.6 is 23.5 Å². The number of nitrogens with one attached hydrogen (secondary N) is 1. The zero-order valence-corrected chi connectivity index (χ0v) is 12.5. The van der Waals surface area contributed by atoms with E-state index in [9.17, 15) is 0 Å². The summed E-state index contributed by atoms with van der Waals surface area (Å²) >= 11 is 3.86. The van der Waals surface area contributed by atoms with Crippen LogP contribution in [0.15, 0.2) is 4.99 Å². The van der Waals surface area contributed by atoms with Gasteiger partial charge in [0.2, 0.25) is 0 Å². The maximum absolute atomic E-state index is 4.75. The zero-order chi connectivity index (χ0) is 12.0. The van der Waals surface area contributed by atoms with Crippen molar-refractivity contribution in [3.05, 3.63) is 0 Å². The summed E-state index contributed by atoms with van der Waals surface area (Å²) in [6.45, 7) is 8.93. The van der Waals surface area contributed by atoms with Gasteiger partial charge in [-0.25, -0.2) is 0 Å². The summed E-state index contributed by atoms with van der Waals surface area (Å²) in [5.74, 6) is 3.49. The molecular formula is C12H24N2S2. The van der Waals surface area contributed by atoms with Gasteiger partial charge in [0.05, 0.1) is 6.04 Å². The van der Waals surface area contributed by atoms with Gasteiger partial charge in [-0.3, -0.25) is 4.99 Å². The molecule has 1 N–H and O–H groups in total. The third kappa shape index (κ3) is 3.88. The van der Waals surface area contributed by atoms with Crippen molar-refractivity contribution in [2.24, 2.45) is 4.99 Å². The summed E-state index contributed by atoms with van der Waals surface area (Å²) < 4.78 is 0. The number of rotatable bonds is 6. The Labute approximate surface area is 108 Å². The molecule has 0 radical (unpaired) electrons. The van der Waals surface area contributed by atoms with Crippen molar-refractivity contribution in [1.82, 2.24) is 5.32 Å². The van der Waals surface area contributed by atoms with E-state index in [1.807, 2.05) is 23.5 Å². The first-order chi connectivity index (χ1) is 7.65. The topological polar surface area (TPSA) is 24.4 Å². The molecule has 0 amide bonds. The van der Waals surface area contributed by atoms with Crippen molar-refractivity contribution in [1.29, 1.82) is 0 Å². The van der Waals surface area contributed by atoms with E-state index in [0.717, 1.165) is 10.9 Å². The Kier molecular flexibility index (Phi) is 6.05. The minimum absolute atomic E-state index is 0.307. The smallest absolute Gasteiger partial charge is 0.157 e. The number of nitrogens with zero attached hydrogens (tertiary/aromatic N) is 1. The summed E-state index contributed by atoms with van der Waals surface area (Å²) in [5.41, 5.74) is 0.307. The standard InChI is InChI=1S/C12H24N2S2/c1-5-12(6-2)9-16-11(14-12)13-10(4)8-15-7-3/h10H,5-9H2,1-4H3,(H,13,14). The Bertz CT molecular complexity index is 237. The van der Waals surface area contributed by atoms with Crippen LogP contribution in [0, 0.1) is 0 Å². The summed E-state index contributed by atoms with van der Waals surface area (Å²) in [7, 11) is 0. The Hall–Kier alpha value is 0.170. The number of thioether (sulfide) groups is 2. The molecule has 1 fully saturated rings. The number of aliphatic imine (C=N–C) groups is 1. The molecule has 16 heavy (non-hydrogen) atoms. The molecule has 0 spiro atoms. The lowest BCUT2D eigenvalue weighted by molar-refractivity contribution is 0.407. The molecule has 1 aliphatic heterocycles. The van der Waals surface area contributed by atoms with E-state index in [4.69, 9.17) is 4.99 Å². The van der Waals surface area contributed by atoms with Gasteiger partial charge in [-0.05, 0) is 25.5 Å². The van der Waals surface area contributed by atoms with E-state index in [1.54, 1.807) is 0 Å². The molecule has 1 aliphatic rings. The first kappa shape index (κ1) is 14.2. The summed E-state index contributed by atoms with van der Waals surface area (Å²) in [6.07, 6.45) is 2.38. The minimum atomic E-state index is 0.307. The molecule has 0 saturated carbocycles. The van der Waals surface area contributed by atoms with Gasteiger partial charge in [-0.15, -0.1) is 0 Å². The molecule has 0 bridgehead atoms. The summed E-state index contributed by atoms with van der Waals surface area (Å²) in [6, 6.07) is 0.435. The highest BCUT2D eigenvalue weighted by atomic mass is 32.2. The van der Waals surface area contributed by atoms with Crippen molar-refractivity contribution in [2.45, 2.75) is 52.1 Å². The molecule has 1 unspecified atom stereocenters. The first-order valence-electron chi connectivity index (χ1n) is 6.22. The molecule has 1 saturated heterocycles. The van der Waals surface area contributed by atoms with Gasteiger partial charge in [0.25, 0.3) is 0 Å². The van der Waals surface area contributed by atoms with Crippen molar-refractivity contribution in [2.75, 3.05) is 17.3 Å². The van der Waals surface area contributed by atoms with Crippen LogP contribution in [0.5, 0.6) is 0 Å². The van der Waals surface area contributed by atoms with Crippen LogP contribution in [0.4, 0.5) is 0 Å². The monoisotopic (exact) mass is 260 g/mol. The van der Waals surface area contributed by atoms with Gasteiger partial charge in [0.15, 0.2) is 5.17 Å². The normalized spacial score (nSPS) is 23.4. The second-order valence-corrected chi connectivity index (χ2v) is 6.63. The third-order valence-electron chi connectivity index (χ3n) is 3.11. The molecule has 94 valence electrons. The molecule has 0 aromatic heterocycles. The van der Waals surface area contributed by atoms with Crippen LogP contribution in [0.1, 0.15) is 40.5 Å². The average molecular weight is 260 g/mol. The highest BCUT2D eigenvalue weighted by Crippen LogP contribution is 2.29. The van der Waals surface area contributed by atoms with Crippen LogP contribution in [-0.2, 0) is 0 Å². The highest BCUT2D eigenvalue weighted by molar-refractivity contribution is 8.14. The second kappa shape index (κ2) is 6.80. The highest BCUT2D eigenvalue weighted by Gasteiger charge is 2.33. The lowest BCUT2D eigenvalue weighted by atomic mass is 9.96. The number of amidine groups is 1. The Morgan fingerprint density at radius 2 is 2.12 bits per heavy atom. The molecule has 1 rings (SSSR count). The van der Waals surface area contributed by atoms with Crippen molar-refractivity contribution in [3.8, 4) is 0 Å². The molecule has 4 heteroatoms. The van der Waals surface area contributed by atoms with E-state index in [2.05, 4.69) is 33.0 Å². The molecule has 0 aromatic rings. The van der Waals surface area contributed by atoms with Crippen molar-refractivity contribution in [3.63, 3.8) is 0 Å². The fourth-order valence-electron chi connectivity index (χ4n) is 1.73. The molecule has 1 heterocycles. The SMILES string of the molecule is CCSCC(C)N=C1NC(CC)(CC)CS1. The Morgan fingerprint density at radius 1 is 1.44 bits per heavy atom. The first-order valence-corrected chi connectivity index (χ1v) is 8.36. The minimum Gasteiger partial charge on any atom is -0.359 e. The van der Waals surface area contributed by atoms with E-state index in [-0.39, 0.29) is 0 Å². The second-order valence-electron chi connectivity index (χ2n) is 4.34. The van der Waals surface area contributed by atoms with Crippen LogP contribution in [0.25, 0.3) is 0 Å². The predicted molar refractivity (Wildman–Crippen MR) is 78.8 cm³/mol. The van der Waals surface area contributed by atoms with Crippen LogP contribution in [-0.4, -0.2) is 34.0 Å². The molecule has 1 atom stereocenters. The average Bonchev–Trinajstić information content (AvgIpc) is 2.70. The van der Waals surface area contributed by atoms with Crippen LogP contribution in [0.2, 0.25) is 0 Å². The lowest BCUT2D eigenvalue weighted by Crippen LogP contribution is -2.42. The number of hydrogen-bond donors (Lipinski definition) is 1. The van der Waals surface area contributed by atoms with E-state index < -0.39 is 0 Å². The molecule has 0 aliphatic carbocycles. The van der Waals surface area contributed by atoms with Gasteiger partial charge in [0, 0.05) is 17.0 Å². The van der Waals surface area contributed by atoms with Crippen LogP contribution in [0.3, 0.4) is 0 Å². The van der Waals surface area contributed by atoms with E-state index in [0.29, 0.717) is 11.6 Å². The number of hydrogen-bond acceptors (Lipinski definition) is 3. The fraction of sp³-hybridized carbons (Fsp3) is 0.917. The lowest BCUT2D eigenvalue weighted by Gasteiger charge is -2.25. The van der Waals surface area contributed by atoms with Gasteiger partial charge >= 0.3 is 0 Å². The van der Waals surface area contributed by atoms with Crippen LogP contribution < -0.4 is 5.32 Å². The maximum Gasteiger partial charge on any atom is 0.157 e. The molecule has 2 nitrogen and oxygen atoms in total. The zero-order valence-electron chi connectivity index (χ0n) is 10.9. The van der Waals surface area contributed by atoms with Gasteiger partial charge < -0.3 is 5.32 Å². The Balaban J connectivity index is 2.48. The molecular weight excluding hydrogens is 236 g/mol.